The Kier molecular flexibility index (Phi) is 5.23. The van der Waals surface area contributed by atoms with Crippen LogP contribution in [0.15, 0.2) is 30.6 Å². The van der Waals surface area contributed by atoms with Gasteiger partial charge in [-0.15, -0.1) is 0 Å². The number of benzene rings is 1. The van der Waals surface area contributed by atoms with Gasteiger partial charge in [0.05, 0.1) is 18.8 Å². The highest BCUT2D eigenvalue weighted by Gasteiger charge is 2.34. The van der Waals surface area contributed by atoms with Crippen LogP contribution in [0.2, 0.25) is 0 Å². The second kappa shape index (κ2) is 8.29. The lowest BCUT2D eigenvalue weighted by molar-refractivity contribution is -0.129. The number of carbonyl (C=O) groups excluding carboxylic acids is 1. The van der Waals surface area contributed by atoms with Gasteiger partial charge in [-0.3, -0.25) is 14.2 Å². The van der Waals surface area contributed by atoms with Gasteiger partial charge in [0.1, 0.15) is 0 Å². The van der Waals surface area contributed by atoms with E-state index in [1.54, 1.807) is 6.92 Å². The summed E-state index contributed by atoms with van der Waals surface area (Å²) in [5.74, 6) is 1.71. The SMILES string of the molecule is CC(=O)N1CCc2c(c(N3CCC(C)c4cc(-c5cnn(C)c5)ccc43)nn2C2CCCC2)C1. The van der Waals surface area contributed by atoms with Crippen LogP contribution in [0.3, 0.4) is 0 Å². The molecule has 3 aromatic rings. The monoisotopic (exact) mass is 458 g/mol. The number of hydrogen-bond donors (Lipinski definition) is 0. The molecule has 1 fully saturated rings. The first-order valence-corrected chi connectivity index (χ1v) is 12.8. The van der Waals surface area contributed by atoms with Crippen molar-refractivity contribution >= 4 is 17.4 Å². The van der Waals surface area contributed by atoms with Crippen molar-refractivity contribution in [3.8, 4) is 11.1 Å². The quantitative estimate of drug-likeness (QED) is 0.557. The van der Waals surface area contributed by atoms with Gasteiger partial charge >= 0.3 is 0 Å². The number of aryl methyl sites for hydroxylation is 1. The third-order valence-electron chi connectivity index (χ3n) is 8.11. The minimum absolute atomic E-state index is 0.152. The fraction of sp³-hybridized carbons (Fsp3) is 0.519. The molecule has 0 N–H and O–H groups in total. The van der Waals surface area contributed by atoms with Crippen molar-refractivity contribution < 1.29 is 4.79 Å². The Morgan fingerprint density at radius 2 is 1.91 bits per heavy atom. The first kappa shape index (κ1) is 21.4. The molecule has 1 saturated carbocycles. The summed E-state index contributed by atoms with van der Waals surface area (Å²) >= 11 is 0. The van der Waals surface area contributed by atoms with Crippen LogP contribution >= 0.6 is 0 Å². The fourth-order valence-electron chi connectivity index (χ4n) is 6.13. The summed E-state index contributed by atoms with van der Waals surface area (Å²) in [6.07, 6.45) is 11.0. The van der Waals surface area contributed by atoms with Crippen molar-refractivity contribution in [2.24, 2.45) is 7.05 Å². The smallest absolute Gasteiger partial charge is 0.219 e. The predicted molar refractivity (Wildman–Crippen MR) is 133 cm³/mol. The van der Waals surface area contributed by atoms with Crippen molar-refractivity contribution in [3.63, 3.8) is 0 Å². The highest BCUT2D eigenvalue weighted by Crippen LogP contribution is 2.44. The standard InChI is InChI=1S/C27H34N6O/c1-18-10-13-32(25-9-8-20(14-23(18)25)21-15-28-30(3)16-21)27-24-17-31(19(2)34)12-11-26(24)33(29-27)22-6-4-5-7-22/h8-9,14-16,18,22H,4-7,10-13,17H2,1-3H3. The van der Waals surface area contributed by atoms with Crippen molar-refractivity contribution in [1.82, 2.24) is 24.5 Å². The van der Waals surface area contributed by atoms with E-state index in [9.17, 15) is 4.79 Å². The Bertz CT molecular complexity index is 1230. The number of nitrogens with zero attached hydrogens (tertiary/aromatic N) is 6. The van der Waals surface area contributed by atoms with Gasteiger partial charge in [-0.2, -0.15) is 10.2 Å². The van der Waals surface area contributed by atoms with Crippen LogP contribution in [0.1, 0.15) is 74.7 Å². The summed E-state index contributed by atoms with van der Waals surface area (Å²) in [4.78, 5) is 16.7. The molecule has 178 valence electrons. The zero-order valence-corrected chi connectivity index (χ0v) is 20.5. The summed E-state index contributed by atoms with van der Waals surface area (Å²) in [6.45, 7) is 6.43. The first-order chi connectivity index (χ1) is 16.5. The van der Waals surface area contributed by atoms with Gasteiger partial charge in [-0.1, -0.05) is 25.8 Å². The van der Waals surface area contributed by atoms with E-state index >= 15 is 0 Å². The van der Waals surface area contributed by atoms with E-state index in [4.69, 9.17) is 5.10 Å². The van der Waals surface area contributed by atoms with Crippen LogP contribution in [-0.4, -0.2) is 43.5 Å². The molecule has 3 aliphatic rings. The normalized spacial score (nSPS) is 20.5. The largest absolute Gasteiger partial charge is 0.338 e. The van der Waals surface area contributed by atoms with Crippen LogP contribution in [0.25, 0.3) is 11.1 Å². The van der Waals surface area contributed by atoms with Gasteiger partial charge < -0.3 is 9.80 Å². The van der Waals surface area contributed by atoms with Gasteiger partial charge in [-0.05, 0) is 48.4 Å². The number of carbonyl (C=O) groups is 1. The first-order valence-electron chi connectivity index (χ1n) is 12.8. The van der Waals surface area contributed by atoms with Crippen molar-refractivity contribution in [1.29, 1.82) is 0 Å². The zero-order chi connectivity index (χ0) is 23.4. The lowest BCUT2D eigenvalue weighted by Crippen LogP contribution is -2.35. The molecule has 1 unspecified atom stereocenters. The molecule has 1 atom stereocenters. The van der Waals surface area contributed by atoms with E-state index in [0.717, 1.165) is 37.3 Å². The Balaban J connectivity index is 1.44. The molecular formula is C27H34N6O. The fourth-order valence-corrected chi connectivity index (χ4v) is 6.13. The molecule has 2 aromatic heterocycles. The predicted octanol–water partition coefficient (Wildman–Crippen LogP) is 4.95. The highest BCUT2D eigenvalue weighted by molar-refractivity contribution is 5.76. The molecule has 0 spiro atoms. The number of amides is 1. The summed E-state index contributed by atoms with van der Waals surface area (Å²) in [5, 5.41) is 9.65. The maximum absolute atomic E-state index is 12.3. The molecular weight excluding hydrogens is 424 g/mol. The topological polar surface area (TPSA) is 59.2 Å². The molecule has 0 bridgehead atoms. The van der Waals surface area contributed by atoms with E-state index in [1.807, 2.05) is 22.8 Å². The Morgan fingerprint density at radius 1 is 1.09 bits per heavy atom. The van der Waals surface area contributed by atoms with Crippen molar-refractivity contribution in [2.45, 2.75) is 70.9 Å². The second-order valence-electron chi connectivity index (χ2n) is 10.3. The van der Waals surface area contributed by atoms with Gasteiger partial charge in [0.15, 0.2) is 5.82 Å². The summed E-state index contributed by atoms with van der Waals surface area (Å²) in [7, 11) is 1.96. The molecule has 7 heteroatoms. The Hall–Kier alpha value is -3.09. The number of fused-ring (bicyclic) bond motifs is 2. The molecule has 1 aromatic carbocycles. The molecule has 7 nitrogen and oxygen atoms in total. The maximum Gasteiger partial charge on any atom is 0.219 e. The van der Waals surface area contributed by atoms with Crippen molar-refractivity contribution in [2.75, 3.05) is 18.0 Å². The average molecular weight is 459 g/mol. The molecule has 2 aliphatic heterocycles. The number of hydrogen-bond acceptors (Lipinski definition) is 4. The van der Waals surface area contributed by atoms with E-state index in [0.29, 0.717) is 18.5 Å². The molecule has 0 saturated heterocycles. The minimum atomic E-state index is 0.152. The molecule has 34 heavy (non-hydrogen) atoms. The van der Waals surface area contributed by atoms with Crippen LogP contribution in [-0.2, 0) is 24.8 Å². The zero-order valence-electron chi connectivity index (χ0n) is 20.5. The Labute approximate surface area is 201 Å². The molecule has 1 amide bonds. The summed E-state index contributed by atoms with van der Waals surface area (Å²) in [6, 6.07) is 7.32. The van der Waals surface area contributed by atoms with Gasteiger partial charge in [0.25, 0.3) is 0 Å². The second-order valence-corrected chi connectivity index (χ2v) is 10.3. The van der Waals surface area contributed by atoms with Gasteiger partial charge in [-0.25, -0.2) is 0 Å². The third kappa shape index (κ3) is 3.53. The van der Waals surface area contributed by atoms with E-state index < -0.39 is 0 Å². The number of rotatable bonds is 3. The van der Waals surface area contributed by atoms with E-state index in [-0.39, 0.29) is 5.91 Å². The van der Waals surface area contributed by atoms with Gasteiger partial charge in [0, 0.05) is 62.2 Å². The average Bonchev–Trinajstić information content (AvgIpc) is 3.59. The lowest BCUT2D eigenvalue weighted by Gasteiger charge is -2.35. The van der Waals surface area contributed by atoms with Crippen LogP contribution < -0.4 is 4.90 Å². The summed E-state index contributed by atoms with van der Waals surface area (Å²) in [5.41, 5.74) is 7.59. The summed E-state index contributed by atoms with van der Waals surface area (Å²) < 4.78 is 4.20. The lowest BCUT2D eigenvalue weighted by atomic mass is 9.89. The maximum atomic E-state index is 12.3. The number of anilines is 2. The minimum Gasteiger partial charge on any atom is -0.338 e. The third-order valence-corrected chi connectivity index (χ3v) is 8.11. The van der Waals surface area contributed by atoms with Crippen LogP contribution in [0.5, 0.6) is 0 Å². The molecule has 4 heterocycles. The van der Waals surface area contributed by atoms with E-state index in [2.05, 4.69) is 46.0 Å². The van der Waals surface area contributed by atoms with Gasteiger partial charge in [0.2, 0.25) is 5.91 Å². The molecule has 6 rings (SSSR count). The molecule has 1 aliphatic carbocycles. The van der Waals surface area contributed by atoms with Crippen LogP contribution in [0.4, 0.5) is 11.5 Å². The highest BCUT2D eigenvalue weighted by atomic mass is 16.2. The van der Waals surface area contributed by atoms with E-state index in [1.165, 1.54) is 53.8 Å². The Morgan fingerprint density at radius 3 is 2.65 bits per heavy atom. The van der Waals surface area contributed by atoms with Crippen molar-refractivity contribution in [3.05, 3.63) is 47.4 Å². The van der Waals surface area contributed by atoms with Crippen LogP contribution in [0, 0.1) is 0 Å². The number of aromatic nitrogens is 4. The molecule has 0 radical (unpaired) electrons.